The Balaban J connectivity index is 1.47. The van der Waals surface area contributed by atoms with E-state index in [1.165, 1.54) is 23.2 Å². The first-order chi connectivity index (χ1) is 25.1. The van der Waals surface area contributed by atoms with E-state index in [-0.39, 0.29) is 41.2 Å². The Bertz CT molecular complexity index is 1990. The van der Waals surface area contributed by atoms with Gasteiger partial charge in [0.2, 0.25) is 5.88 Å². The fraction of sp³-hybridized carbons (Fsp3) is 0.441. The number of piperidine rings is 1. The summed E-state index contributed by atoms with van der Waals surface area (Å²) >= 11 is 6.23. The molecule has 1 unspecified atom stereocenters. The highest BCUT2D eigenvalue weighted by atomic mass is 35.5. The molecule has 3 aliphatic rings. The number of hydrogen-bond acceptors (Lipinski definition) is 11. The van der Waals surface area contributed by atoms with Gasteiger partial charge in [0.05, 0.1) is 30.0 Å². The molecule has 2 aromatic carbocycles. The summed E-state index contributed by atoms with van der Waals surface area (Å²) in [6.07, 6.45) is -3.16. The minimum atomic E-state index is -5.43. The molecule has 6 rings (SSSR count). The minimum Gasteiger partial charge on any atom is -0.497 e. The number of pyridine rings is 1. The average molecular weight is 786 g/mol. The molecule has 13 nitrogen and oxygen atoms in total. The molecule has 19 heteroatoms. The van der Waals surface area contributed by atoms with Crippen LogP contribution in [0.15, 0.2) is 53.6 Å². The lowest BCUT2D eigenvalue weighted by atomic mass is 9.87. The number of alkyl halides is 3. The third kappa shape index (κ3) is 7.28. The van der Waals surface area contributed by atoms with Crippen molar-refractivity contribution < 1.29 is 54.5 Å². The average Bonchev–Trinajstić information content (AvgIpc) is 3.35. The normalized spacial score (nSPS) is 20.3. The van der Waals surface area contributed by atoms with Crippen LogP contribution in [0.25, 0.3) is 0 Å². The smallest absolute Gasteiger partial charge is 0.497 e. The number of amides is 2. The van der Waals surface area contributed by atoms with Crippen LogP contribution < -0.4 is 18.5 Å². The number of benzene rings is 2. The molecule has 2 saturated heterocycles. The van der Waals surface area contributed by atoms with Crippen LogP contribution in [-0.4, -0.2) is 113 Å². The van der Waals surface area contributed by atoms with Crippen molar-refractivity contribution in [3.8, 4) is 17.4 Å². The van der Waals surface area contributed by atoms with Gasteiger partial charge in [-0.25, -0.2) is 22.6 Å². The highest BCUT2D eigenvalue weighted by Crippen LogP contribution is 2.53. The van der Waals surface area contributed by atoms with Gasteiger partial charge in [0.25, 0.3) is 21.5 Å². The number of ether oxygens (including phenoxy) is 4. The monoisotopic (exact) mass is 785 g/mol. The molecule has 2 amide bonds. The van der Waals surface area contributed by atoms with Gasteiger partial charge in [-0.1, -0.05) is 11.6 Å². The molecule has 4 heterocycles. The molecule has 0 aliphatic carbocycles. The van der Waals surface area contributed by atoms with Crippen LogP contribution in [0.2, 0.25) is 5.02 Å². The lowest BCUT2D eigenvalue weighted by Crippen LogP contribution is -2.55. The van der Waals surface area contributed by atoms with E-state index in [1.54, 1.807) is 6.92 Å². The first-order valence-corrected chi connectivity index (χ1v) is 18.4. The van der Waals surface area contributed by atoms with Gasteiger partial charge in [0.1, 0.15) is 16.5 Å². The summed E-state index contributed by atoms with van der Waals surface area (Å²) < 4.78 is 106. The van der Waals surface area contributed by atoms with Crippen molar-refractivity contribution in [2.75, 3.05) is 64.3 Å². The van der Waals surface area contributed by atoms with E-state index in [9.17, 15) is 26.4 Å². The van der Waals surface area contributed by atoms with Gasteiger partial charge in [0, 0.05) is 56.1 Å². The zero-order chi connectivity index (χ0) is 38.3. The van der Waals surface area contributed by atoms with Gasteiger partial charge in [0.15, 0.2) is 5.75 Å². The van der Waals surface area contributed by atoms with Gasteiger partial charge in [-0.15, -0.1) is 13.2 Å². The van der Waals surface area contributed by atoms with Gasteiger partial charge < -0.3 is 28.7 Å². The maximum Gasteiger partial charge on any atom is 0.573 e. The zero-order valence-electron chi connectivity index (χ0n) is 28.9. The number of carbonyl (C=O) groups is 2. The largest absolute Gasteiger partial charge is 0.573 e. The zero-order valence-corrected chi connectivity index (χ0v) is 30.4. The van der Waals surface area contributed by atoms with E-state index in [1.807, 2.05) is 0 Å². The Morgan fingerprint density at radius 1 is 1.04 bits per heavy atom. The van der Waals surface area contributed by atoms with E-state index in [0.29, 0.717) is 31.3 Å². The molecule has 0 saturated carbocycles. The number of anilines is 1. The van der Waals surface area contributed by atoms with Crippen molar-refractivity contribution in [2.24, 2.45) is 0 Å². The summed E-state index contributed by atoms with van der Waals surface area (Å²) in [5.74, 6) is -4.36. The van der Waals surface area contributed by atoms with E-state index in [2.05, 4.69) is 26.6 Å². The third-order valence-corrected chi connectivity index (χ3v) is 11.5. The van der Waals surface area contributed by atoms with Crippen molar-refractivity contribution in [3.05, 3.63) is 70.6 Å². The predicted molar refractivity (Wildman–Crippen MR) is 182 cm³/mol. The van der Waals surface area contributed by atoms with Crippen molar-refractivity contribution >= 4 is 39.3 Å². The van der Waals surface area contributed by atoms with Crippen molar-refractivity contribution in [1.82, 2.24) is 19.7 Å². The molecular formula is C34H36ClF4N5O8S. The van der Waals surface area contributed by atoms with Crippen molar-refractivity contribution in [2.45, 2.75) is 42.7 Å². The van der Waals surface area contributed by atoms with Gasteiger partial charge >= 0.3 is 12.5 Å². The van der Waals surface area contributed by atoms with Crippen molar-refractivity contribution in [3.63, 3.8) is 0 Å². The summed E-state index contributed by atoms with van der Waals surface area (Å²) in [6.45, 7) is 4.88. The number of piperazine rings is 1. The number of hydrogen-bond donors (Lipinski definition) is 0. The molecule has 3 aromatic rings. The highest BCUT2D eigenvalue weighted by Gasteiger charge is 2.62. The number of fused-ring (bicyclic) bond motifs is 1. The number of halogens is 5. The fourth-order valence-electron chi connectivity index (χ4n) is 6.87. The molecule has 0 bridgehead atoms. The first kappa shape index (κ1) is 38.3. The van der Waals surface area contributed by atoms with Crippen LogP contribution in [0.4, 0.5) is 28.0 Å². The molecule has 2 fully saturated rings. The number of nitrogens with zero attached hydrogens (tertiary/aromatic N) is 5. The molecule has 1 aromatic heterocycles. The second kappa shape index (κ2) is 14.8. The fourth-order valence-corrected chi connectivity index (χ4v) is 8.59. The summed E-state index contributed by atoms with van der Waals surface area (Å²) in [4.78, 5) is 38.1. The summed E-state index contributed by atoms with van der Waals surface area (Å²) in [7, 11) is -2.24. The van der Waals surface area contributed by atoms with Gasteiger partial charge in [-0.05, 0) is 70.2 Å². The van der Waals surface area contributed by atoms with E-state index < -0.39 is 66.7 Å². The molecule has 3 aliphatic heterocycles. The minimum absolute atomic E-state index is 0.00415. The molecule has 0 spiro atoms. The second-order valence-electron chi connectivity index (χ2n) is 12.6. The quantitative estimate of drug-likeness (QED) is 0.272. The number of methoxy groups -OCH3 is 1. The Kier molecular flexibility index (Phi) is 10.7. The summed E-state index contributed by atoms with van der Waals surface area (Å²) in [5.41, 5.74) is -4.07. The Hall–Kier alpha value is -4.39. The Morgan fingerprint density at radius 2 is 1.74 bits per heavy atom. The number of rotatable bonds is 9. The molecule has 53 heavy (non-hydrogen) atoms. The lowest BCUT2D eigenvalue weighted by Gasteiger charge is -2.42. The summed E-state index contributed by atoms with van der Waals surface area (Å²) in [6, 6.07) is 6.99. The molecule has 0 N–H and O–H groups in total. The van der Waals surface area contributed by atoms with E-state index in [4.69, 9.17) is 25.8 Å². The van der Waals surface area contributed by atoms with Crippen LogP contribution >= 0.6 is 11.6 Å². The van der Waals surface area contributed by atoms with Gasteiger partial charge in [-0.2, -0.15) is 4.31 Å². The van der Waals surface area contributed by atoms with E-state index in [0.717, 1.165) is 51.2 Å². The molecular weight excluding hydrogens is 750 g/mol. The van der Waals surface area contributed by atoms with Crippen LogP contribution in [0, 0.1) is 5.82 Å². The standard InChI is InChI=1S/C34H36ClF4N5O8S/c1-4-50-30-23(6-5-11-40-30)33(52-32(46)43-16-14-42(15-17-43)21-9-12-41(2)13-10-21)24-19-25(35)26(36)20-27(24)44(31(33)45)53(47,48)29-8-7-22(49-3)18-28(29)51-34(37,38)39/h5-8,11,18-21H,4,9-10,12-17H2,1-3H3. The molecule has 286 valence electrons. The maximum atomic E-state index is 15.3. The SMILES string of the molecule is CCOc1ncccc1C1(OC(=O)N2CCN(C3CCN(C)CC3)CC2)C(=O)N(S(=O)(=O)c2ccc(OC)cc2OC(F)(F)F)c2cc(F)c(Cl)cc21. The highest BCUT2D eigenvalue weighted by molar-refractivity contribution is 7.93. The Morgan fingerprint density at radius 3 is 2.38 bits per heavy atom. The number of carbonyl (C=O) groups excluding carboxylic acids is 2. The summed E-state index contributed by atoms with van der Waals surface area (Å²) in [5, 5.41) is -0.574. The van der Waals surface area contributed by atoms with Crippen LogP contribution in [-0.2, 0) is 25.2 Å². The van der Waals surface area contributed by atoms with E-state index >= 15 is 9.18 Å². The number of aromatic nitrogens is 1. The van der Waals surface area contributed by atoms with Crippen molar-refractivity contribution in [1.29, 1.82) is 0 Å². The number of sulfonamides is 1. The lowest BCUT2D eigenvalue weighted by molar-refractivity contribution is -0.275. The topological polar surface area (TPSA) is 131 Å². The maximum absolute atomic E-state index is 15.3. The molecule has 0 radical (unpaired) electrons. The van der Waals surface area contributed by atoms with Crippen LogP contribution in [0.3, 0.4) is 0 Å². The predicted octanol–water partition coefficient (Wildman–Crippen LogP) is 5.01. The van der Waals surface area contributed by atoms with Crippen LogP contribution in [0.5, 0.6) is 17.4 Å². The Labute approximate surface area is 307 Å². The third-order valence-electron chi connectivity index (χ3n) is 9.47. The molecule has 1 atom stereocenters. The van der Waals surface area contributed by atoms with Gasteiger partial charge in [-0.3, -0.25) is 9.69 Å². The first-order valence-electron chi connectivity index (χ1n) is 16.6. The number of likely N-dealkylation sites (tertiary alicyclic amines) is 1. The second-order valence-corrected chi connectivity index (χ2v) is 14.8. The van der Waals surface area contributed by atoms with Crippen LogP contribution in [0.1, 0.15) is 30.9 Å².